The van der Waals surface area contributed by atoms with Crippen molar-refractivity contribution in [3.05, 3.63) is 24.2 Å². The van der Waals surface area contributed by atoms with Gasteiger partial charge in [-0.1, -0.05) is 6.42 Å². The first kappa shape index (κ1) is 12.7. The van der Waals surface area contributed by atoms with Gasteiger partial charge in [0.1, 0.15) is 5.76 Å². The van der Waals surface area contributed by atoms with Gasteiger partial charge < -0.3 is 15.5 Å². The van der Waals surface area contributed by atoms with Crippen LogP contribution in [0, 0.1) is 5.92 Å². The minimum Gasteiger partial charge on any atom is -0.469 e. The van der Waals surface area contributed by atoms with Crippen LogP contribution in [0.2, 0.25) is 0 Å². The van der Waals surface area contributed by atoms with Gasteiger partial charge in [0, 0.05) is 18.5 Å². The van der Waals surface area contributed by atoms with Crippen molar-refractivity contribution in [3.63, 3.8) is 0 Å². The molecule has 0 radical (unpaired) electrons. The minimum atomic E-state index is 0.427. The third-order valence-electron chi connectivity index (χ3n) is 3.67. The quantitative estimate of drug-likeness (QED) is 0.825. The van der Waals surface area contributed by atoms with E-state index in [2.05, 4.69) is 12.2 Å². The van der Waals surface area contributed by atoms with Crippen LogP contribution in [0.1, 0.15) is 38.4 Å². The lowest BCUT2D eigenvalue weighted by Gasteiger charge is -2.27. The Morgan fingerprint density at radius 3 is 3.12 bits per heavy atom. The molecule has 0 amide bonds. The van der Waals surface area contributed by atoms with Crippen molar-refractivity contribution in [1.29, 1.82) is 0 Å². The van der Waals surface area contributed by atoms with Crippen LogP contribution in [-0.2, 0) is 6.42 Å². The number of nitrogens with one attached hydrogen (secondary N) is 1. The third-order valence-corrected chi connectivity index (χ3v) is 3.67. The van der Waals surface area contributed by atoms with Crippen LogP contribution in [0.3, 0.4) is 0 Å². The highest BCUT2D eigenvalue weighted by atomic mass is 16.3. The molecule has 1 aromatic heterocycles. The molecule has 1 saturated carbocycles. The van der Waals surface area contributed by atoms with Gasteiger partial charge in [0.2, 0.25) is 0 Å². The molecule has 3 unspecified atom stereocenters. The molecule has 3 nitrogen and oxygen atoms in total. The summed E-state index contributed by atoms with van der Waals surface area (Å²) in [6.07, 6.45) is 7.71. The van der Waals surface area contributed by atoms with E-state index in [1.54, 1.807) is 6.26 Å². The van der Waals surface area contributed by atoms with E-state index in [0.717, 1.165) is 24.6 Å². The van der Waals surface area contributed by atoms with Crippen LogP contribution in [0.25, 0.3) is 0 Å². The Morgan fingerprint density at radius 1 is 1.53 bits per heavy atom. The van der Waals surface area contributed by atoms with E-state index >= 15 is 0 Å². The number of nitrogens with two attached hydrogens (primary N) is 1. The molecule has 0 saturated heterocycles. The van der Waals surface area contributed by atoms with Crippen molar-refractivity contribution in [2.75, 3.05) is 6.54 Å². The first-order valence-corrected chi connectivity index (χ1v) is 6.75. The smallest absolute Gasteiger partial charge is 0.105 e. The molecule has 1 aliphatic carbocycles. The maximum Gasteiger partial charge on any atom is 0.105 e. The van der Waals surface area contributed by atoms with Gasteiger partial charge in [-0.15, -0.1) is 0 Å². The van der Waals surface area contributed by atoms with Gasteiger partial charge in [-0.2, -0.15) is 0 Å². The molecule has 96 valence electrons. The van der Waals surface area contributed by atoms with Crippen molar-refractivity contribution in [3.8, 4) is 0 Å². The second-order valence-corrected chi connectivity index (χ2v) is 5.39. The number of furan rings is 1. The molecular formula is C14H24N2O. The number of rotatable bonds is 5. The lowest BCUT2D eigenvalue weighted by atomic mass is 9.86. The zero-order valence-corrected chi connectivity index (χ0v) is 10.7. The van der Waals surface area contributed by atoms with Crippen LogP contribution in [-0.4, -0.2) is 18.6 Å². The zero-order valence-electron chi connectivity index (χ0n) is 10.7. The third kappa shape index (κ3) is 4.17. The lowest BCUT2D eigenvalue weighted by Crippen LogP contribution is -2.37. The van der Waals surface area contributed by atoms with Gasteiger partial charge in [0.15, 0.2) is 0 Å². The molecule has 3 atom stereocenters. The molecule has 17 heavy (non-hydrogen) atoms. The molecule has 3 heteroatoms. The summed E-state index contributed by atoms with van der Waals surface area (Å²) in [4.78, 5) is 0. The summed E-state index contributed by atoms with van der Waals surface area (Å²) in [7, 11) is 0. The van der Waals surface area contributed by atoms with Gasteiger partial charge in [0.05, 0.1) is 6.26 Å². The van der Waals surface area contributed by atoms with Gasteiger partial charge in [-0.25, -0.2) is 0 Å². The zero-order chi connectivity index (χ0) is 12.1. The van der Waals surface area contributed by atoms with Crippen LogP contribution < -0.4 is 11.1 Å². The SMILES string of the molecule is CC(Cc1ccco1)NCC1CCCC(N)C1. The van der Waals surface area contributed by atoms with E-state index in [-0.39, 0.29) is 0 Å². The molecule has 0 bridgehead atoms. The highest BCUT2D eigenvalue weighted by Crippen LogP contribution is 2.22. The Morgan fingerprint density at radius 2 is 2.41 bits per heavy atom. The van der Waals surface area contributed by atoms with Gasteiger partial charge in [-0.3, -0.25) is 0 Å². The average molecular weight is 236 g/mol. The lowest BCUT2D eigenvalue weighted by molar-refractivity contribution is 0.299. The van der Waals surface area contributed by atoms with Crippen LogP contribution in [0.15, 0.2) is 22.8 Å². The average Bonchev–Trinajstić information content (AvgIpc) is 2.79. The Labute approximate surface area is 104 Å². The molecule has 1 aliphatic rings. The van der Waals surface area contributed by atoms with Crippen molar-refractivity contribution in [2.24, 2.45) is 11.7 Å². The van der Waals surface area contributed by atoms with E-state index < -0.39 is 0 Å². The van der Waals surface area contributed by atoms with Crippen molar-refractivity contribution in [2.45, 2.75) is 51.1 Å². The molecule has 1 fully saturated rings. The molecule has 1 heterocycles. The highest BCUT2D eigenvalue weighted by molar-refractivity contribution is 4.99. The summed E-state index contributed by atoms with van der Waals surface area (Å²) in [5.41, 5.74) is 6.00. The molecule has 3 N–H and O–H groups in total. The molecule has 0 aromatic carbocycles. The topological polar surface area (TPSA) is 51.2 Å². The summed E-state index contributed by atoms with van der Waals surface area (Å²) < 4.78 is 5.35. The molecule has 1 aromatic rings. The van der Waals surface area contributed by atoms with E-state index in [9.17, 15) is 0 Å². The second-order valence-electron chi connectivity index (χ2n) is 5.39. The van der Waals surface area contributed by atoms with Gasteiger partial charge in [0.25, 0.3) is 0 Å². The summed E-state index contributed by atoms with van der Waals surface area (Å²) in [5.74, 6) is 1.82. The van der Waals surface area contributed by atoms with Crippen molar-refractivity contribution >= 4 is 0 Å². The van der Waals surface area contributed by atoms with E-state index in [0.29, 0.717) is 12.1 Å². The van der Waals surface area contributed by atoms with Crippen LogP contribution in [0.5, 0.6) is 0 Å². The fraction of sp³-hybridized carbons (Fsp3) is 0.714. The summed E-state index contributed by atoms with van der Waals surface area (Å²) in [6.45, 7) is 3.31. The minimum absolute atomic E-state index is 0.427. The molecule has 0 spiro atoms. The largest absolute Gasteiger partial charge is 0.469 e. The van der Waals surface area contributed by atoms with Crippen molar-refractivity contribution < 1.29 is 4.42 Å². The van der Waals surface area contributed by atoms with Crippen molar-refractivity contribution in [1.82, 2.24) is 5.32 Å². The maximum atomic E-state index is 6.00. The second kappa shape index (κ2) is 6.22. The standard InChI is InChI=1S/C14H24N2O/c1-11(8-14-6-3-7-17-14)16-10-12-4-2-5-13(15)9-12/h3,6-7,11-13,16H,2,4-5,8-10,15H2,1H3. The number of hydrogen-bond donors (Lipinski definition) is 2. The maximum absolute atomic E-state index is 6.00. The fourth-order valence-corrected chi connectivity index (χ4v) is 2.69. The Kier molecular flexibility index (Phi) is 4.63. The normalized spacial score (nSPS) is 26.9. The van der Waals surface area contributed by atoms with Crippen LogP contribution >= 0.6 is 0 Å². The number of hydrogen-bond acceptors (Lipinski definition) is 3. The first-order chi connectivity index (χ1) is 8.24. The van der Waals surface area contributed by atoms with Crippen LogP contribution in [0.4, 0.5) is 0 Å². The monoisotopic (exact) mass is 236 g/mol. The van der Waals surface area contributed by atoms with Gasteiger partial charge >= 0.3 is 0 Å². The molecular weight excluding hydrogens is 212 g/mol. The highest BCUT2D eigenvalue weighted by Gasteiger charge is 2.19. The Bertz CT molecular complexity index is 310. The van der Waals surface area contributed by atoms with Gasteiger partial charge in [-0.05, 0) is 50.8 Å². The summed E-state index contributed by atoms with van der Waals surface area (Å²) >= 11 is 0. The molecule has 2 rings (SSSR count). The predicted octanol–water partition coefficient (Wildman–Crippen LogP) is 2.32. The Balaban J connectivity index is 1.67. The molecule has 0 aliphatic heterocycles. The van der Waals surface area contributed by atoms with E-state index in [4.69, 9.17) is 10.2 Å². The fourth-order valence-electron chi connectivity index (χ4n) is 2.69. The summed E-state index contributed by atoms with van der Waals surface area (Å²) in [5, 5.41) is 3.60. The summed E-state index contributed by atoms with van der Waals surface area (Å²) in [6, 6.07) is 4.88. The predicted molar refractivity (Wildman–Crippen MR) is 69.8 cm³/mol. The van der Waals surface area contributed by atoms with E-state index in [1.807, 2.05) is 12.1 Å². The first-order valence-electron chi connectivity index (χ1n) is 6.75. The van der Waals surface area contributed by atoms with E-state index in [1.165, 1.54) is 25.7 Å². The Hall–Kier alpha value is -0.800.